The van der Waals surface area contributed by atoms with Crippen LogP contribution in [0.2, 0.25) is 5.02 Å². The molecule has 1 heterocycles. The standard InChI is InChI=1S/C20H20ClN3O/c21-18-8-6-17(7-9-18)19(15-22)23-10-12-24(13-11-23)20(25)14-16-4-2-1-3-5-16/h1-9,19H,10-14H2. The molecular formula is C20H20ClN3O. The Kier molecular flexibility index (Phi) is 5.70. The summed E-state index contributed by atoms with van der Waals surface area (Å²) in [6, 6.07) is 19.3. The summed E-state index contributed by atoms with van der Waals surface area (Å²) in [5.41, 5.74) is 1.97. The van der Waals surface area contributed by atoms with Crippen LogP contribution in [0.4, 0.5) is 0 Å². The lowest BCUT2D eigenvalue weighted by Gasteiger charge is -2.37. The van der Waals surface area contributed by atoms with Gasteiger partial charge in [-0.15, -0.1) is 0 Å². The summed E-state index contributed by atoms with van der Waals surface area (Å²) in [4.78, 5) is 16.5. The SMILES string of the molecule is N#CC(c1ccc(Cl)cc1)N1CCN(C(=O)Cc2ccccc2)CC1. The van der Waals surface area contributed by atoms with Gasteiger partial charge in [0.05, 0.1) is 12.5 Å². The summed E-state index contributed by atoms with van der Waals surface area (Å²) in [6.07, 6.45) is 0.430. The highest BCUT2D eigenvalue weighted by Crippen LogP contribution is 2.23. The molecule has 2 aromatic carbocycles. The first-order valence-corrected chi connectivity index (χ1v) is 8.76. The number of hydrogen-bond donors (Lipinski definition) is 0. The summed E-state index contributed by atoms with van der Waals surface area (Å²) in [5.74, 6) is 0.144. The van der Waals surface area contributed by atoms with Gasteiger partial charge in [0, 0.05) is 31.2 Å². The number of rotatable bonds is 4. The Bertz CT molecular complexity index is 747. The Morgan fingerprint density at radius 3 is 2.28 bits per heavy atom. The lowest BCUT2D eigenvalue weighted by molar-refractivity contribution is -0.132. The van der Waals surface area contributed by atoms with E-state index in [0.717, 1.165) is 11.1 Å². The van der Waals surface area contributed by atoms with Gasteiger partial charge in [0.15, 0.2) is 0 Å². The second-order valence-corrected chi connectivity index (χ2v) is 6.60. The van der Waals surface area contributed by atoms with Crippen LogP contribution in [-0.2, 0) is 11.2 Å². The van der Waals surface area contributed by atoms with Gasteiger partial charge >= 0.3 is 0 Å². The zero-order valence-corrected chi connectivity index (χ0v) is 14.7. The third-order valence-corrected chi connectivity index (χ3v) is 4.79. The second kappa shape index (κ2) is 8.15. The van der Waals surface area contributed by atoms with Crippen LogP contribution >= 0.6 is 11.6 Å². The van der Waals surface area contributed by atoms with E-state index in [1.54, 1.807) is 12.1 Å². The van der Waals surface area contributed by atoms with Crippen LogP contribution in [0.3, 0.4) is 0 Å². The predicted molar refractivity (Wildman–Crippen MR) is 98.1 cm³/mol. The van der Waals surface area contributed by atoms with Gasteiger partial charge < -0.3 is 4.90 Å². The minimum atomic E-state index is -0.302. The van der Waals surface area contributed by atoms with E-state index in [0.29, 0.717) is 37.6 Å². The highest BCUT2D eigenvalue weighted by Gasteiger charge is 2.26. The number of carbonyl (C=O) groups is 1. The van der Waals surface area contributed by atoms with Crippen LogP contribution in [0.1, 0.15) is 17.2 Å². The van der Waals surface area contributed by atoms with Crippen molar-refractivity contribution in [3.63, 3.8) is 0 Å². The van der Waals surface area contributed by atoms with Crippen molar-refractivity contribution in [2.75, 3.05) is 26.2 Å². The molecule has 128 valence electrons. The zero-order valence-electron chi connectivity index (χ0n) is 13.9. The van der Waals surface area contributed by atoms with Gasteiger partial charge in [0.2, 0.25) is 5.91 Å². The maximum atomic E-state index is 12.4. The van der Waals surface area contributed by atoms with Gasteiger partial charge in [-0.3, -0.25) is 9.69 Å². The van der Waals surface area contributed by atoms with Gasteiger partial charge in [-0.2, -0.15) is 5.26 Å². The molecule has 0 N–H and O–H groups in total. The average molecular weight is 354 g/mol. The van der Waals surface area contributed by atoms with Gasteiger partial charge in [0.25, 0.3) is 0 Å². The maximum Gasteiger partial charge on any atom is 0.227 e. The number of halogens is 1. The third kappa shape index (κ3) is 4.39. The topological polar surface area (TPSA) is 47.3 Å². The van der Waals surface area contributed by atoms with Gasteiger partial charge in [0.1, 0.15) is 6.04 Å². The van der Waals surface area contributed by atoms with Crippen molar-refractivity contribution in [1.29, 1.82) is 5.26 Å². The number of piperazine rings is 1. The van der Waals surface area contributed by atoms with Crippen LogP contribution < -0.4 is 0 Å². The van der Waals surface area contributed by atoms with Gasteiger partial charge in [-0.1, -0.05) is 54.1 Å². The van der Waals surface area contributed by atoms with Crippen LogP contribution in [0.25, 0.3) is 0 Å². The first kappa shape index (κ1) is 17.5. The molecule has 1 saturated heterocycles. The quantitative estimate of drug-likeness (QED) is 0.847. The lowest BCUT2D eigenvalue weighted by atomic mass is 10.1. The van der Waals surface area contributed by atoms with Crippen molar-refractivity contribution in [3.05, 3.63) is 70.7 Å². The Labute approximate surface area is 153 Å². The van der Waals surface area contributed by atoms with Crippen LogP contribution in [0.15, 0.2) is 54.6 Å². The fourth-order valence-corrected chi connectivity index (χ4v) is 3.25. The zero-order chi connectivity index (χ0) is 17.6. The third-order valence-electron chi connectivity index (χ3n) is 4.54. The van der Waals surface area contributed by atoms with Crippen LogP contribution in [0, 0.1) is 11.3 Å². The first-order chi connectivity index (χ1) is 12.2. The Balaban J connectivity index is 1.58. The number of nitriles is 1. The minimum Gasteiger partial charge on any atom is -0.340 e. The van der Waals surface area contributed by atoms with E-state index in [1.165, 1.54) is 0 Å². The van der Waals surface area contributed by atoms with Crippen molar-refractivity contribution in [3.8, 4) is 6.07 Å². The summed E-state index contributed by atoms with van der Waals surface area (Å²) < 4.78 is 0. The maximum absolute atomic E-state index is 12.4. The summed E-state index contributed by atoms with van der Waals surface area (Å²) in [6.45, 7) is 2.69. The Hall–Kier alpha value is -2.35. The molecule has 3 rings (SSSR count). The highest BCUT2D eigenvalue weighted by atomic mass is 35.5. The molecule has 2 aromatic rings. The molecule has 1 aliphatic rings. The van der Waals surface area contributed by atoms with Crippen molar-refractivity contribution in [1.82, 2.24) is 9.80 Å². The van der Waals surface area contributed by atoms with E-state index < -0.39 is 0 Å². The largest absolute Gasteiger partial charge is 0.340 e. The molecule has 1 amide bonds. The molecule has 0 saturated carbocycles. The smallest absolute Gasteiger partial charge is 0.227 e. The molecule has 0 aliphatic carbocycles. The number of nitrogens with zero attached hydrogens (tertiary/aromatic N) is 3. The summed E-state index contributed by atoms with van der Waals surface area (Å²) in [7, 11) is 0. The number of amides is 1. The molecule has 4 nitrogen and oxygen atoms in total. The molecule has 1 aliphatic heterocycles. The minimum absolute atomic E-state index is 0.144. The lowest BCUT2D eigenvalue weighted by Crippen LogP contribution is -2.49. The van der Waals surface area contributed by atoms with E-state index in [4.69, 9.17) is 11.6 Å². The molecule has 0 bridgehead atoms. The van der Waals surface area contributed by atoms with E-state index in [9.17, 15) is 10.1 Å². The predicted octanol–water partition coefficient (Wildman–Crippen LogP) is 3.29. The number of benzene rings is 2. The molecule has 5 heteroatoms. The molecule has 1 unspecified atom stereocenters. The Morgan fingerprint density at radius 2 is 1.68 bits per heavy atom. The fraction of sp³-hybridized carbons (Fsp3) is 0.300. The van der Waals surface area contributed by atoms with Crippen molar-refractivity contribution in [2.45, 2.75) is 12.5 Å². The van der Waals surface area contributed by atoms with Crippen molar-refractivity contribution < 1.29 is 4.79 Å². The normalized spacial score (nSPS) is 16.2. The first-order valence-electron chi connectivity index (χ1n) is 8.38. The van der Waals surface area contributed by atoms with E-state index in [-0.39, 0.29) is 11.9 Å². The monoisotopic (exact) mass is 353 g/mol. The molecule has 0 aromatic heterocycles. The summed E-state index contributed by atoms with van der Waals surface area (Å²) in [5, 5.41) is 10.2. The van der Waals surface area contributed by atoms with Crippen LogP contribution in [-0.4, -0.2) is 41.9 Å². The van der Waals surface area contributed by atoms with Gasteiger partial charge in [-0.05, 0) is 23.3 Å². The van der Waals surface area contributed by atoms with E-state index in [1.807, 2.05) is 47.4 Å². The average Bonchev–Trinajstić information content (AvgIpc) is 2.65. The fourth-order valence-electron chi connectivity index (χ4n) is 3.12. The second-order valence-electron chi connectivity index (χ2n) is 6.16. The molecule has 1 atom stereocenters. The molecule has 1 fully saturated rings. The molecular weight excluding hydrogens is 334 g/mol. The Morgan fingerprint density at radius 1 is 1.04 bits per heavy atom. The van der Waals surface area contributed by atoms with Crippen LogP contribution in [0.5, 0.6) is 0 Å². The molecule has 0 radical (unpaired) electrons. The molecule has 0 spiro atoms. The molecule has 25 heavy (non-hydrogen) atoms. The van der Waals surface area contributed by atoms with Gasteiger partial charge in [-0.25, -0.2) is 0 Å². The van der Waals surface area contributed by atoms with E-state index >= 15 is 0 Å². The van der Waals surface area contributed by atoms with Crippen molar-refractivity contribution in [2.24, 2.45) is 0 Å². The van der Waals surface area contributed by atoms with Crippen molar-refractivity contribution >= 4 is 17.5 Å². The van der Waals surface area contributed by atoms with E-state index in [2.05, 4.69) is 11.0 Å². The number of hydrogen-bond acceptors (Lipinski definition) is 3. The highest BCUT2D eigenvalue weighted by molar-refractivity contribution is 6.30. The summed E-state index contributed by atoms with van der Waals surface area (Å²) >= 11 is 5.93. The number of carbonyl (C=O) groups excluding carboxylic acids is 1.